The van der Waals surface area contributed by atoms with Gasteiger partial charge in [-0.05, 0) is 62.0 Å². The van der Waals surface area contributed by atoms with Gasteiger partial charge in [-0.2, -0.15) is 4.31 Å². The molecule has 0 bridgehead atoms. The molecular formula is C24H31N3O3S. The molecule has 0 aliphatic carbocycles. The Kier molecular flexibility index (Phi) is 7.05. The molecule has 0 radical (unpaired) electrons. The van der Waals surface area contributed by atoms with Gasteiger partial charge < -0.3 is 5.32 Å². The van der Waals surface area contributed by atoms with E-state index in [1.54, 1.807) is 30.3 Å². The van der Waals surface area contributed by atoms with Crippen molar-refractivity contribution in [3.8, 4) is 0 Å². The molecule has 2 aromatic carbocycles. The number of carbonyl (C=O) groups is 1. The Labute approximate surface area is 185 Å². The molecule has 0 saturated carbocycles. The minimum absolute atomic E-state index is 0.222. The zero-order chi connectivity index (χ0) is 21.7. The van der Waals surface area contributed by atoms with Crippen molar-refractivity contribution in [1.82, 2.24) is 14.5 Å². The van der Waals surface area contributed by atoms with Crippen molar-refractivity contribution in [3.63, 3.8) is 0 Å². The molecule has 31 heavy (non-hydrogen) atoms. The van der Waals surface area contributed by atoms with Crippen LogP contribution in [0, 0.1) is 0 Å². The van der Waals surface area contributed by atoms with E-state index >= 15 is 0 Å². The van der Waals surface area contributed by atoms with Crippen molar-refractivity contribution < 1.29 is 13.2 Å². The molecule has 6 nitrogen and oxygen atoms in total. The van der Waals surface area contributed by atoms with Gasteiger partial charge in [0, 0.05) is 19.6 Å². The fraction of sp³-hybridized carbons (Fsp3) is 0.458. The fourth-order valence-electron chi connectivity index (χ4n) is 4.45. The predicted molar refractivity (Wildman–Crippen MR) is 121 cm³/mol. The van der Waals surface area contributed by atoms with Crippen LogP contribution in [0.3, 0.4) is 0 Å². The Morgan fingerprint density at radius 3 is 2.23 bits per heavy atom. The van der Waals surface area contributed by atoms with E-state index in [1.807, 2.05) is 12.1 Å². The molecule has 2 aliphatic heterocycles. The van der Waals surface area contributed by atoms with Gasteiger partial charge in [-0.25, -0.2) is 8.42 Å². The molecular weight excluding hydrogens is 410 g/mol. The summed E-state index contributed by atoms with van der Waals surface area (Å²) < 4.78 is 27.6. The summed E-state index contributed by atoms with van der Waals surface area (Å²) in [5, 5.41) is 2.96. The van der Waals surface area contributed by atoms with Crippen LogP contribution in [-0.4, -0.2) is 49.2 Å². The highest BCUT2D eigenvalue weighted by Crippen LogP contribution is 2.25. The van der Waals surface area contributed by atoms with Crippen molar-refractivity contribution in [1.29, 1.82) is 0 Å². The van der Waals surface area contributed by atoms with E-state index in [1.165, 1.54) is 35.8 Å². The number of amides is 1. The Balaban J connectivity index is 1.37. The summed E-state index contributed by atoms with van der Waals surface area (Å²) >= 11 is 0. The van der Waals surface area contributed by atoms with Crippen molar-refractivity contribution in [2.24, 2.45) is 0 Å². The lowest BCUT2D eigenvalue weighted by atomic mass is 10.0. The highest BCUT2D eigenvalue weighted by Gasteiger charge is 2.37. The summed E-state index contributed by atoms with van der Waals surface area (Å²) in [7, 11) is -3.69. The van der Waals surface area contributed by atoms with Crippen molar-refractivity contribution in [2.75, 3.05) is 19.6 Å². The van der Waals surface area contributed by atoms with Gasteiger partial charge >= 0.3 is 0 Å². The van der Waals surface area contributed by atoms with Crippen LogP contribution in [0.4, 0.5) is 0 Å². The third-order valence-corrected chi connectivity index (χ3v) is 8.12. The standard InChI is InChI=1S/C24H31N3O3S/c28-24(25-18-20-11-13-21(14-12-20)19-26-15-6-7-16-26)23-10-4-5-17-27(23)31(29,30)22-8-2-1-3-9-22/h1-3,8-9,11-14,23H,4-7,10,15-19H2,(H,25,28). The van der Waals surface area contributed by atoms with E-state index in [-0.39, 0.29) is 10.8 Å². The first-order valence-electron chi connectivity index (χ1n) is 11.2. The molecule has 0 aromatic heterocycles. The smallest absolute Gasteiger partial charge is 0.243 e. The summed E-state index contributed by atoms with van der Waals surface area (Å²) in [6.07, 6.45) is 4.73. The SMILES string of the molecule is O=C(NCc1ccc(CN2CCCC2)cc1)C1CCCCN1S(=O)(=O)c1ccccc1. The van der Waals surface area contributed by atoms with Crippen LogP contribution in [0.2, 0.25) is 0 Å². The van der Waals surface area contributed by atoms with Crippen molar-refractivity contribution in [2.45, 2.75) is 56.1 Å². The first-order valence-corrected chi connectivity index (χ1v) is 12.6. The number of nitrogens with zero attached hydrogens (tertiary/aromatic N) is 2. The molecule has 166 valence electrons. The van der Waals surface area contributed by atoms with Gasteiger partial charge in [0.05, 0.1) is 4.90 Å². The Morgan fingerprint density at radius 2 is 1.52 bits per heavy atom. The monoisotopic (exact) mass is 441 g/mol. The van der Waals surface area contributed by atoms with E-state index in [4.69, 9.17) is 0 Å². The minimum atomic E-state index is -3.69. The molecule has 2 heterocycles. The van der Waals surface area contributed by atoms with Crippen LogP contribution in [0.15, 0.2) is 59.5 Å². The Bertz CT molecular complexity index is 971. The van der Waals surface area contributed by atoms with Crippen LogP contribution in [0.1, 0.15) is 43.2 Å². The van der Waals surface area contributed by atoms with Crippen molar-refractivity contribution in [3.05, 3.63) is 65.7 Å². The van der Waals surface area contributed by atoms with Crippen LogP contribution in [-0.2, 0) is 27.9 Å². The van der Waals surface area contributed by atoms with Gasteiger partial charge in [-0.1, -0.05) is 48.9 Å². The highest BCUT2D eigenvalue weighted by atomic mass is 32.2. The zero-order valence-corrected chi connectivity index (χ0v) is 18.7. The zero-order valence-electron chi connectivity index (χ0n) is 17.9. The number of piperidine rings is 1. The third-order valence-electron chi connectivity index (χ3n) is 6.20. The summed E-state index contributed by atoms with van der Waals surface area (Å²) in [6.45, 7) is 4.09. The number of rotatable bonds is 7. The minimum Gasteiger partial charge on any atom is -0.351 e. The molecule has 1 N–H and O–H groups in total. The molecule has 1 atom stereocenters. The third kappa shape index (κ3) is 5.34. The lowest BCUT2D eigenvalue weighted by molar-refractivity contribution is -0.125. The summed E-state index contributed by atoms with van der Waals surface area (Å²) in [5.74, 6) is -0.222. The van der Waals surface area contributed by atoms with Gasteiger partial charge in [0.15, 0.2) is 0 Å². The Hall–Kier alpha value is -2.22. The maximum Gasteiger partial charge on any atom is 0.243 e. The van der Waals surface area contributed by atoms with Crippen molar-refractivity contribution >= 4 is 15.9 Å². The summed E-state index contributed by atoms with van der Waals surface area (Å²) in [4.78, 5) is 15.6. The Morgan fingerprint density at radius 1 is 0.871 bits per heavy atom. The van der Waals surface area contributed by atoms with E-state index in [0.717, 1.165) is 24.9 Å². The second kappa shape index (κ2) is 9.94. The van der Waals surface area contributed by atoms with Gasteiger partial charge in [0.25, 0.3) is 0 Å². The predicted octanol–water partition coefficient (Wildman–Crippen LogP) is 3.14. The largest absolute Gasteiger partial charge is 0.351 e. The maximum absolute atomic E-state index is 13.1. The van der Waals surface area contributed by atoms with E-state index in [2.05, 4.69) is 22.3 Å². The molecule has 2 aliphatic rings. The lowest BCUT2D eigenvalue weighted by Crippen LogP contribution is -2.51. The topological polar surface area (TPSA) is 69.7 Å². The number of benzene rings is 2. The van der Waals surface area contributed by atoms with E-state index < -0.39 is 16.1 Å². The summed E-state index contributed by atoms with van der Waals surface area (Å²) in [6, 6.07) is 16.0. The number of hydrogen-bond donors (Lipinski definition) is 1. The molecule has 1 unspecified atom stereocenters. The molecule has 2 saturated heterocycles. The van der Waals surface area contributed by atoms with Crippen LogP contribution >= 0.6 is 0 Å². The number of sulfonamides is 1. The van der Waals surface area contributed by atoms with Crippen LogP contribution < -0.4 is 5.32 Å². The normalized spacial score (nSPS) is 20.6. The van der Waals surface area contributed by atoms with Gasteiger partial charge in [-0.15, -0.1) is 0 Å². The second-order valence-electron chi connectivity index (χ2n) is 8.46. The average molecular weight is 442 g/mol. The number of carbonyl (C=O) groups excluding carboxylic acids is 1. The number of hydrogen-bond acceptors (Lipinski definition) is 4. The lowest BCUT2D eigenvalue weighted by Gasteiger charge is -2.33. The molecule has 1 amide bonds. The summed E-state index contributed by atoms with van der Waals surface area (Å²) in [5.41, 5.74) is 2.30. The number of nitrogens with one attached hydrogen (secondary N) is 1. The van der Waals surface area contributed by atoms with Gasteiger partial charge in [0.2, 0.25) is 15.9 Å². The molecule has 0 spiro atoms. The van der Waals surface area contributed by atoms with Gasteiger partial charge in [0.1, 0.15) is 6.04 Å². The molecule has 2 aromatic rings. The maximum atomic E-state index is 13.1. The van der Waals surface area contributed by atoms with E-state index in [0.29, 0.717) is 19.5 Å². The van der Waals surface area contributed by atoms with Gasteiger partial charge in [-0.3, -0.25) is 9.69 Å². The molecule has 4 rings (SSSR count). The van der Waals surface area contributed by atoms with Crippen LogP contribution in [0.25, 0.3) is 0 Å². The second-order valence-corrected chi connectivity index (χ2v) is 10.3. The van der Waals surface area contributed by atoms with Crippen LogP contribution in [0.5, 0.6) is 0 Å². The first kappa shape index (κ1) is 22.0. The quantitative estimate of drug-likeness (QED) is 0.717. The molecule has 2 fully saturated rings. The number of likely N-dealkylation sites (tertiary alicyclic amines) is 1. The average Bonchev–Trinajstić information content (AvgIpc) is 3.32. The fourth-order valence-corrected chi connectivity index (χ4v) is 6.13. The van der Waals surface area contributed by atoms with E-state index in [9.17, 15) is 13.2 Å². The molecule has 7 heteroatoms. The highest BCUT2D eigenvalue weighted by molar-refractivity contribution is 7.89. The first-order chi connectivity index (χ1) is 15.0.